The van der Waals surface area contributed by atoms with Crippen LogP contribution in [0.5, 0.6) is 0 Å². The Bertz CT molecular complexity index is 640. The fourth-order valence-corrected chi connectivity index (χ4v) is 2.75. The summed E-state index contributed by atoms with van der Waals surface area (Å²) in [6, 6.07) is 2.08. The number of nitrogens with two attached hydrogens (primary N) is 1. The number of sulfonamides is 1. The van der Waals surface area contributed by atoms with Gasteiger partial charge in [-0.2, -0.15) is 0 Å². The number of benzene rings is 1. The van der Waals surface area contributed by atoms with Crippen LogP contribution >= 0.6 is 27.5 Å². The van der Waals surface area contributed by atoms with Gasteiger partial charge in [-0.15, -0.1) is 0 Å². The van der Waals surface area contributed by atoms with Crippen LogP contribution in [-0.4, -0.2) is 39.2 Å². The summed E-state index contributed by atoms with van der Waals surface area (Å²) in [6.07, 6.45) is -2.72. The van der Waals surface area contributed by atoms with Crippen molar-refractivity contribution in [2.45, 2.75) is 11.3 Å². The molecule has 0 radical (unpaired) electrons. The number of amides is 1. The predicted molar refractivity (Wildman–Crippen MR) is 73.5 cm³/mol. The van der Waals surface area contributed by atoms with Crippen molar-refractivity contribution in [2.24, 2.45) is 5.14 Å². The summed E-state index contributed by atoms with van der Waals surface area (Å²) < 4.78 is 47.2. The lowest BCUT2D eigenvalue weighted by molar-refractivity contribution is 0.0620. The molecule has 0 aliphatic heterocycles. The molecule has 1 rings (SSSR count). The molecule has 0 unspecified atom stereocenters. The molecule has 1 aromatic carbocycles. The minimum atomic E-state index is -4.05. The molecule has 0 atom stereocenters. The number of carbonyl (C=O) groups is 1. The van der Waals surface area contributed by atoms with Crippen LogP contribution in [0.1, 0.15) is 10.4 Å². The number of carbonyl (C=O) groups excluding carboxylic acids is 1. The van der Waals surface area contributed by atoms with E-state index in [0.29, 0.717) is 0 Å². The van der Waals surface area contributed by atoms with Gasteiger partial charge in [-0.3, -0.25) is 4.79 Å². The molecule has 0 saturated heterocycles. The molecule has 0 aliphatic carbocycles. The normalized spacial score (nSPS) is 11.8. The summed E-state index contributed by atoms with van der Waals surface area (Å²) in [5.74, 6) is -0.832. The van der Waals surface area contributed by atoms with E-state index in [1.54, 1.807) is 0 Å². The first-order chi connectivity index (χ1) is 9.04. The third kappa shape index (κ3) is 4.11. The number of hydrogen-bond acceptors (Lipinski definition) is 3. The van der Waals surface area contributed by atoms with E-state index in [-0.39, 0.29) is 20.0 Å². The molecular formula is C10H10BrClF2N2O3S. The summed E-state index contributed by atoms with van der Waals surface area (Å²) >= 11 is 8.86. The van der Waals surface area contributed by atoms with Crippen molar-refractivity contribution in [3.63, 3.8) is 0 Å². The molecule has 0 aliphatic rings. The molecule has 0 fully saturated rings. The number of alkyl halides is 2. The Morgan fingerprint density at radius 3 is 2.50 bits per heavy atom. The first kappa shape index (κ1) is 17.3. The monoisotopic (exact) mass is 390 g/mol. The summed E-state index contributed by atoms with van der Waals surface area (Å²) in [6.45, 7) is -0.799. The maximum Gasteiger partial charge on any atom is 0.255 e. The molecule has 0 saturated carbocycles. The van der Waals surface area contributed by atoms with Gasteiger partial charge in [0.2, 0.25) is 10.0 Å². The van der Waals surface area contributed by atoms with Gasteiger partial charge in [0.15, 0.2) is 0 Å². The van der Waals surface area contributed by atoms with Crippen molar-refractivity contribution in [3.05, 3.63) is 27.2 Å². The number of hydrogen-bond donors (Lipinski definition) is 1. The minimum Gasteiger partial charge on any atom is -0.336 e. The molecule has 1 aromatic rings. The van der Waals surface area contributed by atoms with Crippen LogP contribution in [0, 0.1) is 0 Å². The van der Waals surface area contributed by atoms with Crippen LogP contribution in [0.2, 0.25) is 5.02 Å². The maximum absolute atomic E-state index is 12.3. The van der Waals surface area contributed by atoms with E-state index in [9.17, 15) is 22.0 Å². The zero-order valence-electron chi connectivity index (χ0n) is 10.1. The second-order valence-electron chi connectivity index (χ2n) is 3.89. The Labute approximate surface area is 127 Å². The van der Waals surface area contributed by atoms with Crippen molar-refractivity contribution >= 4 is 43.5 Å². The van der Waals surface area contributed by atoms with Gasteiger partial charge in [-0.1, -0.05) is 11.6 Å². The summed E-state index contributed by atoms with van der Waals surface area (Å²) in [5.41, 5.74) is -0.229. The Morgan fingerprint density at radius 1 is 1.50 bits per heavy atom. The highest BCUT2D eigenvalue weighted by molar-refractivity contribution is 9.10. The van der Waals surface area contributed by atoms with Crippen LogP contribution in [0.15, 0.2) is 21.5 Å². The Kier molecular flexibility index (Phi) is 5.47. The van der Waals surface area contributed by atoms with Gasteiger partial charge >= 0.3 is 0 Å². The zero-order chi connectivity index (χ0) is 15.7. The predicted octanol–water partition coefficient (Wildman–Crippen LogP) is 2.09. The molecule has 2 N–H and O–H groups in total. The van der Waals surface area contributed by atoms with Crippen LogP contribution in [-0.2, 0) is 10.0 Å². The third-order valence-corrected chi connectivity index (χ3v) is 4.47. The number of halogens is 4. The van der Waals surface area contributed by atoms with Crippen molar-refractivity contribution in [1.29, 1.82) is 0 Å². The third-order valence-electron chi connectivity index (χ3n) is 2.32. The number of nitrogens with zero attached hydrogens (tertiary/aromatic N) is 1. The van der Waals surface area contributed by atoms with Gasteiger partial charge in [0.25, 0.3) is 12.3 Å². The van der Waals surface area contributed by atoms with Gasteiger partial charge in [0, 0.05) is 11.5 Å². The first-order valence-electron chi connectivity index (χ1n) is 5.09. The van der Waals surface area contributed by atoms with Gasteiger partial charge in [0.05, 0.1) is 22.0 Å². The fourth-order valence-electron chi connectivity index (χ4n) is 1.38. The number of rotatable bonds is 4. The fraction of sp³-hybridized carbons (Fsp3) is 0.300. The van der Waals surface area contributed by atoms with Crippen molar-refractivity contribution in [3.8, 4) is 0 Å². The molecule has 112 valence electrons. The highest BCUT2D eigenvalue weighted by Crippen LogP contribution is 2.30. The average molecular weight is 392 g/mol. The van der Waals surface area contributed by atoms with E-state index < -0.39 is 28.9 Å². The SMILES string of the molecule is CN(CC(F)F)C(=O)c1cc(S(N)(=O)=O)cc(Br)c1Cl. The smallest absolute Gasteiger partial charge is 0.255 e. The van der Waals surface area contributed by atoms with E-state index in [1.165, 1.54) is 0 Å². The number of primary sulfonamides is 1. The van der Waals surface area contributed by atoms with Gasteiger partial charge in [-0.25, -0.2) is 22.3 Å². The van der Waals surface area contributed by atoms with Gasteiger partial charge < -0.3 is 4.90 Å². The summed E-state index contributed by atoms with van der Waals surface area (Å²) in [7, 11) is -2.90. The van der Waals surface area contributed by atoms with Crippen LogP contribution in [0.3, 0.4) is 0 Å². The lowest BCUT2D eigenvalue weighted by Crippen LogP contribution is -2.31. The molecule has 1 amide bonds. The van der Waals surface area contributed by atoms with Gasteiger partial charge in [-0.05, 0) is 28.1 Å². The molecule has 0 heterocycles. The maximum atomic E-state index is 12.3. The first-order valence-corrected chi connectivity index (χ1v) is 7.81. The zero-order valence-corrected chi connectivity index (χ0v) is 13.3. The van der Waals surface area contributed by atoms with Crippen molar-refractivity contribution in [2.75, 3.05) is 13.6 Å². The highest BCUT2D eigenvalue weighted by Gasteiger charge is 2.22. The largest absolute Gasteiger partial charge is 0.336 e. The van der Waals surface area contributed by atoms with E-state index in [0.717, 1.165) is 24.1 Å². The van der Waals surface area contributed by atoms with E-state index in [4.69, 9.17) is 16.7 Å². The molecular weight excluding hydrogens is 382 g/mol. The topological polar surface area (TPSA) is 80.5 Å². The molecule has 0 bridgehead atoms. The summed E-state index contributed by atoms with van der Waals surface area (Å²) in [4.78, 5) is 12.4. The average Bonchev–Trinajstić information content (AvgIpc) is 2.29. The second-order valence-corrected chi connectivity index (χ2v) is 6.68. The molecule has 0 aromatic heterocycles. The molecule has 20 heavy (non-hydrogen) atoms. The lowest BCUT2D eigenvalue weighted by atomic mass is 10.2. The van der Waals surface area contributed by atoms with Crippen molar-refractivity contribution < 1.29 is 22.0 Å². The van der Waals surface area contributed by atoms with Crippen LogP contribution in [0.25, 0.3) is 0 Å². The second kappa shape index (κ2) is 6.33. The minimum absolute atomic E-state index is 0.0801. The summed E-state index contributed by atoms with van der Waals surface area (Å²) in [5, 5.41) is 4.88. The molecule has 5 nitrogen and oxygen atoms in total. The van der Waals surface area contributed by atoms with Crippen LogP contribution in [0.4, 0.5) is 8.78 Å². The lowest BCUT2D eigenvalue weighted by Gasteiger charge is -2.18. The molecule has 10 heteroatoms. The van der Waals surface area contributed by atoms with Crippen molar-refractivity contribution in [1.82, 2.24) is 4.90 Å². The van der Waals surface area contributed by atoms with Crippen LogP contribution < -0.4 is 5.14 Å². The van der Waals surface area contributed by atoms with Gasteiger partial charge in [0.1, 0.15) is 0 Å². The Hall–Kier alpha value is -0.770. The van der Waals surface area contributed by atoms with E-state index in [2.05, 4.69) is 15.9 Å². The highest BCUT2D eigenvalue weighted by atomic mass is 79.9. The standard InChI is InChI=1S/C10H10BrClF2N2O3S/c1-16(4-8(13)14)10(17)6-2-5(20(15,18)19)3-7(11)9(6)12/h2-3,8H,4H2,1H3,(H2,15,18,19). The Balaban J connectivity index is 3.31. The quantitative estimate of drug-likeness (QED) is 0.853. The Morgan fingerprint density at radius 2 is 2.05 bits per heavy atom. The van der Waals surface area contributed by atoms with E-state index in [1.807, 2.05) is 0 Å². The molecule has 0 spiro atoms. The van der Waals surface area contributed by atoms with E-state index >= 15 is 0 Å².